The van der Waals surface area contributed by atoms with Gasteiger partial charge in [0.2, 0.25) is 0 Å². The van der Waals surface area contributed by atoms with Gasteiger partial charge in [0.1, 0.15) is 11.4 Å². The van der Waals surface area contributed by atoms with Crippen LogP contribution in [0.3, 0.4) is 0 Å². The molecular formula is C16H22N4O3. The third-order valence-electron chi connectivity index (χ3n) is 4.24. The number of aryl methyl sites for hydroxylation is 2. The maximum absolute atomic E-state index is 10.7. The summed E-state index contributed by atoms with van der Waals surface area (Å²) in [5.41, 5.74) is 0.237. The van der Waals surface area contributed by atoms with Crippen molar-refractivity contribution in [1.82, 2.24) is 20.2 Å². The van der Waals surface area contributed by atoms with Crippen LogP contribution in [0.25, 0.3) is 0 Å². The highest BCUT2D eigenvalue weighted by Crippen LogP contribution is 2.30. The molecule has 2 aromatic rings. The monoisotopic (exact) mass is 318 g/mol. The van der Waals surface area contributed by atoms with Gasteiger partial charge in [-0.1, -0.05) is 12.1 Å². The van der Waals surface area contributed by atoms with Crippen molar-refractivity contribution in [3.05, 3.63) is 35.7 Å². The summed E-state index contributed by atoms with van der Waals surface area (Å²) < 4.78 is 12.3. The van der Waals surface area contributed by atoms with E-state index in [1.54, 1.807) is 11.8 Å². The first kappa shape index (κ1) is 15.9. The molecule has 1 saturated heterocycles. The second-order valence-corrected chi connectivity index (χ2v) is 5.82. The van der Waals surface area contributed by atoms with Gasteiger partial charge in [0, 0.05) is 32.6 Å². The van der Waals surface area contributed by atoms with Gasteiger partial charge in [-0.2, -0.15) is 0 Å². The smallest absolute Gasteiger partial charge is 0.183 e. The van der Waals surface area contributed by atoms with Crippen LogP contribution < -0.4 is 4.74 Å². The zero-order valence-corrected chi connectivity index (χ0v) is 13.3. The van der Waals surface area contributed by atoms with Gasteiger partial charge in [-0.3, -0.25) is 0 Å². The molecule has 1 aliphatic rings. The molecule has 1 aliphatic heterocycles. The standard InChI is InChI=1S/C16H22N4O3/c1-22-14-6-2-4-13(12-14)5-3-9-20-15(17-18-19-20)16(21)7-10-23-11-8-16/h2,4,6,12,21H,3,5,7-11H2,1H3. The molecule has 7 heteroatoms. The van der Waals surface area contributed by atoms with Gasteiger partial charge in [-0.05, 0) is 41.0 Å². The van der Waals surface area contributed by atoms with Gasteiger partial charge in [0.25, 0.3) is 0 Å². The fourth-order valence-corrected chi connectivity index (χ4v) is 2.88. The summed E-state index contributed by atoms with van der Waals surface area (Å²) in [4.78, 5) is 0. The van der Waals surface area contributed by atoms with E-state index in [1.165, 1.54) is 5.56 Å². The van der Waals surface area contributed by atoms with Crippen molar-refractivity contribution in [2.45, 2.75) is 37.8 Å². The number of methoxy groups -OCH3 is 1. The van der Waals surface area contributed by atoms with Gasteiger partial charge >= 0.3 is 0 Å². The predicted octanol–water partition coefficient (Wildman–Crippen LogP) is 1.31. The van der Waals surface area contributed by atoms with Crippen molar-refractivity contribution in [2.75, 3.05) is 20.3 Å². The summed E-state index contributed by atoms with van der Waals surface area (Å²) in [6.07, 6.45) is 2.85. The quantitative estimate of drug-likeness (QED) is 0.865. The zero-order valence-electron chi connectivity index (χ0n) is 13.3. The van der Waals surface area contributed by atoms with Crippen molar-refractivity contribution in [3.8, 4) is 5.75 Å². The molecule has 0 saturated carbocycles. The summed E-state index contributed by atoms with van der Waals surface area (Å²) in [6.45, 7) is 1.74. The first-order chi connectivity index (χ1) is 11.2. The lowest BCUT2D eigenvalue weighted by atomic mass is 9.93. The SMILES string of the molecule is COc1cccc(CCCn2nnnc2C2(O)CCOCC2)c1. The van der Waals surface area contributed by atoms with Crippen molar-refractivity contribution in [2.24, 2.45) is 0 Å². The van der Waals surface area contributed by atoms with Crippen molar-refractivity contribution in [3.63, 3.8) is 0 Å². The van der Waals surface area contributed by atoms with Crippen LogP contribution in [0, 0.1) is 0 Å². The van der Waals surface area contributed by atoms with E-state index < -0.39 is 5.60 Å². The fraction of sp³-hybridized carbons (Fsp3) is 0.562. The zero-order chi connectivity index (χ0) is 16.1. The predicted molar refractivity (Wildman–Crippen MR) is 83.1 cm³/mol. The van der Waals surface area contributed by atoms with Gasteiger partial charge in [0.05, 0.1) is 7.11 Å². The van der Waals surface area contributed by atoms with Gasteiger partial charge in [-0.25, -0.2) is 4.68 Å². The third-order valence-corrected chi connectivity index (χ3v) is 4.24. The number of nitrogens with zero attached hydrogens (tertiary/aromatic N) is 4. The molecule has 1 fully saturated rings. The molecule has 23 heavy (non-hydrogen) atoms. The van der Waals surface area contributed by atoms with Crippen LogP contribution in [0.2, 0.25) is 0 Å². The average molecular weight is 318 g/mol. The molecule has 0 amide bonds. The largest absolute Gasteiger partial charge is 0.497 e. The Balaban J connectivity index is 1.62. The number of aliphatic hydroxyl groups is 1. The summed E-state index contributed by atoms with van der Waals surface area (Å²) in [6, 6.07) is 8.03. The third kappa shape index (κ3) is 3.68. The molecule has 124 valence electrons. The maximum atomic E-state index is 10.7. The molecule has 0 aliphatic carbocycles. The minimum Gasteiger partial charge on any atom is -0.497 e. The first-order valence-electron chi connectivity index (χ1n) is 7.91. The number of tetrazole rings is 1. The highest BCUT2D eigenvalue weighted by Gasteiger charge is 2.37. The van der Waals surface area contributed by atoms with Crippen molar-refractivity contribution in [1.29, 1.82) is 0 Å². The molecule has 2 heterocycles. The minimum atomic E-state index is -0.974. The highest BCUT2D eigenvalue weighted by molar-refractivity contribution is 5.28. The number of aromatic nitrogens is 4. The minimum absolute atomic E-state index is 0.531. The lowest BCUT2D eigenvalue weighted by Crippen LogP contribution is -2.36. The lowest BCUT2D eigenvalue weighted by Gasteiger charge is -2.30. The summed E-state index contributed by atoms with van der Waals surface area (Å²) >= 11 is 0. The van der Waals surface area contributed by atoms with E-state index in [1.807, 2.05) is 18.2 Å². The molecule has 0 bridgehead atoms. The van der Waals surface area contributed by atoms with Gasteiger partial charge in [0.15, 0.2) is 5.82 Å². The number of hydrogen-bond donors (Lipinski definition) is 1. The number of ether oxygens (including phenoxy) is 2. The normalized spacial score (nSPS) is 17.1. The van der Waals surface area contributed by atoms with Gasteiger partial charge < -0.3 is 14.6 Å². The fourth-order valence-electron chi connectivity index (χ4n) is 2.88. The Morgan fingerprint density at radius 2 is 2.17 bits per heavy atom. The Morgan fingerprint density at radius 3 is 2.96 bits per heavy atom. The van der Waals surface area contributed by atoms with E-state index in [4.69, 9.17) is 9.47 Å². The average Bonchev–Trinajstić information content (AvgIpc) is 3.05. The van der Waals surface area contributed by atoms with Crippen LogP contribution in [0.4, 0.5) is 0 Å². The molecular weight excluding hydrogens is 296 g/mol. The molecule has 1 aromatic carbocycles. The molecule has 1 aromatic heterocycles. The molecule has 0 spiro atoms. The molecule has 0 radical (unpaired) electrons. The highest BCUT2D eigenvalue weighted by atomic mass is 16.5. The lowest BCUT2D eigenvalue weighted by molar-refractivity contribution is -0.0759. The number of hydrogen-bond acceptors (Lipinski definition) is 6. The maximum Gasteiger partial charge on any atom is 0.183 e. The van der Waals surface area contributed by atoms with E-state index in [-0.39, 0.29) is 0 Å². The summed E-state index contributed by atoms with van der Waals surface area (Å²) in [7, 11) is 1.67. The summed E-state index contributed by atoms with van der Waals surface area (Å²) in [5, 5.41) is 22.5. The van der Waals surface area contributed by atoms with Crippen LogP contribution >= 0.6 is 0 Å². The molecule has 3 rings (SSSR count). The molecule has 0 unspecified atom stereocenters. The Labute approximate surface area is 135 Å². The first-order valence-corrected chi connectivity index (χ1v) is 7.91. The summed E-state index contributed by atoms with van der Waals surface area (Å²) in [5.74, 6) is 1.41. The van der Waals surface area contributed by atoms with Crippen LogP contribution in [0.1, 0.15) is 30.7 Å². The van der Waals surface area contributed by atoms with Crippen molar-refractivity contribution >= 4 is 0 Å². The Hall–Kier alpha value is -1.99. The van der Waals surface area contributed by atoms with Crippen LogP contribution in [-0.4, -0.2) is 45.6 Å². The Kier molecular flexibility index (Phi) is 4.88. The second-order valence-electron chi connectivity index (χ2n) is 5.82. The Bertz CT molecular complexity index is 638. The van der Waals surface area contributed by atoms with E-state index in [0.717, 1.165) is 18.6 Å². The van der Waals surface area contributed by atoms with E-state index in [0.29, 0.717) is 38.4 Å². The molecule has 7 nitrogen and oxygen atoms in total. The van der Waals surface area contributed by atoms with Crippen molar-refractivity contribution < 1.29 is 14.6 Å². The van der Waals surface area contributed by atoms with E-state index in [9.17, 15) is 5.11 Å². The molecule has 1 N–H and O–H groups in total. The van der Waals surface area contributed by atoms with Crippen LogP contribution in [0.5, 0.6) is 5.75 Å². The second kappa shape index (κ2) is 7.06. The number of benzene rings is 1. The van der Waals surface area contributed by atoms with Crippen LogP contribution in [-0.2, 0) is 23.3 Å². The molecule has 0 atom stereocenters. The topological polar surface area (TPSA) is 82.3 Å². The Morgan fingerprint density at radius 1 is 1.35 bits per heavy atom. The number of rotatable bonds is 6. The van der Waals surface area contributed by atoms with E-state index >= 15 is 0 Å². The van der Waals surface area contributed by atoms with Gasteiger partial charge in [-0.15, -0.1) is 5.10 Å². The van der Waals surface area contributed by atoms with Crippen LogP contribution in [0.15, 0.2) is 24.3 Å². The van der Waals surface area contributed by atoms with E-state index in [2.05, 4.69) is 21.6 Å².